The summed E-state index contributed by atoms with van der Waals surface area (Å²) in [7, 11) is 0. The van der Waals surface area contributed by atoms with Gasteiger partial charge < -0.3 is 36.1 Å². The van der Waals surface area contributed by atoms with Gasteiger partial charge in [0.25, 0.3) is 0 Å². The van der Waals surface area contributed by atoms with Crippen LogP contribution in [0.25, 0.3) is 0 Å². The van der Waals surface area contributed by atoms with Crippen molar-refractivity contribution in [2.75, 3.05) is 52.6 Å². The number of piperidine rings is 2. The van der Waals surface area contributed by atoms with Crippen molar-refractivity contribution in [3.05, 3.63) is 6.57 Å². The molecule has 6 aliphatic rings. The zero-order valence-electron chi connectivity index (χ0n) is 25.3. The molecule has 9 nitrogen and oxygen atoms in total. The van der Waals surface area contributed by atoms with Crippen molar-refractivity contribution in [1.82, 2.24) is 10.2 Å². The van der Waals surface area contributed by atoms with Crippen LogP contribution in [0.15, 0.2) is 0 Å². The van der Waals surface area contributed by atoms with E-state index in [1.165, 1.54) is 25.7 Å². The van der Waals surface area contributed by atoms with Crippen molar-refractivity contribution < 1.29 is 88.4 Å². The molecule has 0 aromatic rings. The number of hydrogen-bond acceptors (Lipinski definition) is 9. The number of ketones is 1. The Morgan fingerprint density at radius 2 is 1.11 bits per heavy atom. The average Bonchev–Trinajstić information content (AvgIpc) is 3.71. The minimum Gasteiger partial charge on any atom is -0.512 e. The van der Waals surface area contributed by atoms with E-state index in [0.29, 0.717) is 19.0 Å². The molecular weight excluding hydrogens is 1170 g/mol. The summed E-state index contributed by atoms with van der Waals surface area (Å²) in [6, 6.07) is 2.61. The molecule has 2 spiro atoms. The number of nitrogens with zero attached hydrogens (tertiary/aromatic N) is 3. The molecule has 0 aromatic heterocycles. The second kappa shape index (κ2) is 32.4. The summed E-state index contributed by atoms with van der Waals surface area (Å²) in [5, 5.41) is 19.1. The summed E-state index contributed by atoms with van der Waals surface area (Å²) >= 11 is 9.54. The largest absolute Gasteiger partial charge is 1.00 e. The van der Waals surface area contributed by atoms with Crippen LogP contribution in [0.1, 0.15) is 105 Å². The first-order valence-electron chi connectivity index (χ1n) is 14.7. The number of ether oxygens (including phenoxy) is 4. The summed E-state index contributed by atoms with van der Waals surface area (Å²) < 4.78 is 22.5. The third-order valence-electron chi connectivity index (χ3n) is 8.42. The van der Waals surface area contributed by atoms with E-state index in [1.807, 2.05) is 0 Å². The quantitative estimate of drug-likeness (QED) is 0.241. The molecule has 6 rings (SSSR count). The Bertz CT molecular complexity index is 768. The van der Waals surface area contributed by atoms with Gasteiger partial charge in [0.15, 0.2) is 11.6 Å². The van der Waals surface area contributed by atoms with Crippen molar-refractivity contribution in [2.45, 2.75) is 122 Å². The van der Waals surface area contributed by atoms with Gasteiger partial charge in [0.2, 0.25) is 0 Å². The third kappa shape index (κ3) is 19.9. The van der Waals surface area contributed by atoms with Crippen molar-refractivity contribution in [2.24, 2.45) is 0 Å². The van der Waals surface area contributed by atoms with Crippen molar-refractivity contribution in [3.63, 3.8) is 0 Å². The number of likely N-dealkylation sites (tertiary alicyclic amines) is 1. The van der Waals surface area contributed by atoms with Crippen LogP contribution in [0.5, 0.6) is 0 Å². The summed E-state index contributed by atoms with van der Waals surface area (Å²) in [6.07, 6.45) is 14.8. The molecule has 6 fully saturated rings. The van der Waals surface area contributed by atoms with Gasteiger partial charge in [0.05, 0.1) is 32.5 Å². The fraction of sp³-hybridized carbons (Fsp3) is 0.900. The Kier molecular flexibility index (Phi) is 38.1. The van der Waals surface area contributed by atoms with Crippen LogP contribution < -0.4 is 70.0 Å². The molecule has 0 aromatic carbocycles. The number of nitriles is 1. The summed E-state index contributed by atoms with van der Waals surface area (Å²) in [6.45, 7) is 11.7. The number of carbonyl (C=O) groups excluding carboxylic acids is 1. The van der Waals surface area contributed by atoms with Gasteiger partial charge in [-0.05, 0) is 25.7 Å². The monoisotopic (exact) mass is 1220 g/mol. The van der Waals surface area contributed by atoms with E-state index in [9.17, 15) is 10.1 Å². The van der Waals surface area contributed by atoms with Gasteiger partial charge in [0.1, 0.15) is 11.3 Å². The van der Waals surface area contributed by atoms with Crippen LogP contribution in [0, 0.1) is 23.2 Å². The molecule has 1 N–H and O–H groups in total. The minimum absolute atomic E-state index is 0. The van der Waals surface area contributed by atoms with Gasteiger partial charge in [0, 0.05) is 102 Å². The van der Waals surface area contributed by atoms with E-state index in [0.717, 1.165) is 117 Å². The molecule has 0 radical (unpaired) electrons. The molecule has 260 valence electrons. The van der Waals surface area contributed by atoms with Gasteiger partial charge in [-0.3, -0.25) is 9.69 Å². The van der Waals surface area contributed by atoms with Gasteiger partial charge in [-0.1, -0.05) is 40.5 Å². The molecule has 0 atom stereocenters. The zero-order valence-corrected chi connectivity index (χ0v) is 39.2. The number of nitrogens with one attached hydrogen (secondary N) is 1. The first-order chi connectivity index (χ1) is 20.5. The molecule has 4 saturated heterocycles. The Morgan fingerprint density at radius 3 is 1.47 bits per heavy atom. The smallest absolute Gasteiger partial charge is 0.512 e. The van der Waals surface area contributed by atoms with E-state index in [1.54, 1.807) is 0 Å². The Hall–Kier alpha value is 3.70. The average molecular weight is 1220 g/mol. The minimum atomic E-state index is -0.318. The molecule has 2 saturated carbocycles. The maximum atomic E-state index is 10.5. The SMILES string of the molecule is C.C.C1CC2(CCN1)OCCO2.II.I[I-]I.N#CC1(N2CCC3(CC2)OCCO3)CCCCC1.O=C1CCCCC1.[C-]#N.[K+]. The molecular formula is C30H53I5KN4O5-. The molecule has 15 heteroatoms. The van der Waals surface area contributed by atoms with E-state index in [2.05, 4.69) is 90.7 Å². The maximum Gasteiger partial charge on any atom is 1.00 e. The van der Waals surface area contributed by atoms with Crippen LogP contribution >= 0.6 is 74.5 Å². The topological polar surface area (TPSA) is 117 Å². The van der Waals surface area contributed by atoms with Gasteiger partial charge in [-0.15, -0.1) is 0 Å². The Labute approximate surface area is 370 Å². The molecule has 0 unspecified atom stereocenters. The number of halogens is 5. The van der Waals surface area contributed by atoms with Crippen LogP contribution in [-0.2, 0) is 23.7 Å². The van der Waals surface area contributed by atoms with E-state index in [-0.39, 0.29) is 83.4 Å². The van der Waals surface area contributed by atoms with E-state index < -0.39 is 0 Å². The van der Waals surface area contributed by atoms with Crippen LogP contribution in [-0.4, -0.2) is 80.4 Å². The third-order valence-corrected chi connectivity index (χ3v) is 8.42. The van der Waals surface area contributed by atoms with Crippen molar-refractivity contribution in [3.8, 4) is 6.07 Å². The van der Waals surface area contributed by atoms with E-state index >= 15 is 0 Å². The first-order valence-corrected chi connectivity index (χ1v) is 33.5. The predicted octanol–water partition coefficient (Wildman–Crippen LogP) is 2.60. The van der Waals surface area contributed by atoms with Gasteiger partial charge >= 0.3 is 102 Å². The second-order valence-corrected chi connectivity index (χ2v) is 27.1. The normalized spacial score (nSPS) is 23.6. The van der Waals surface area contributed by atoms with Crippen molar-refractivity contribution >= 4 is 80.2 Å². The number of hydrogen-bond donors (Lipinski definition) is 1. The Morgan fingerprint density at radius 1 is 0.733 bits per heavy atom. The fourth-order valence-electron chi connectivity index (χ4n) is 6.24. The molecule has 2 aliphatic carbocycles. The van der Waals surface area contributed by atoms with Crippen LogP contribution in [0.2, 0.25) is 0 Å². The second-order valence-electron chi connectivity index (χ2n) is 10.8. The summed E-state index contributed by atoms with van der Waals surface area (Å²) in [4.78, 5) is 12.9. The maximum absolute atomic E-state index is 10.5. The fourth-order valence-corrected chi connectivity index (χ4v) is 6.24. The molecule has 45 heavy (non-hydrogen) atoms. The summed E-state index contributed by atoms with van der Waals surface area (Å²) in [5.41, 5.74) is -0.196. The van der Waals surface area contributed by atoms with Gasteiger partial charge in [-0.25, -0.2) is 0 Å². The van der Waals surface area contributed by atoms with Crippen LogP contribution in [0.4, 0.5) is 0 Å². The zero-order chi connectivity index (χ0) is 31.2. The standard InChI is InChI=1S/C14H22N2O2.C7H13NO2.C6H10O.CN.2CH4.I3.I2.K/c15-12-13(4-2-1-3-5-13)16-8-6-14(7-9-16)17-10-11-18-14;1-3-8-4-2-7(1)9-5-6-10-7;7-6-4-2-1-3-5-6;1-2;;;1-3-2;1-2;/h1-11H2;8H,1-6H2;1-5H2;;2*1H4;;;/q;;;-1;;;-1;;+1. The van der Waals surface area contributed by atoms with E-state index in [4.69, 9.17) is 30.8 Å². The molecule has 4 heterocycles. The van der Waals surface area contributed by atoms with Crippen molar-refractivity contribution in [1.29, 1.82) is 10.5 Å². The Balaban J connectivity index is -0.000000560. The number of carbonyl (C=O) groups is 1. The molecule has 0 amide bonds. The number of rotatable bonds is 1. The van der Waals surface area contributed by atoms with Gasteiger partial charge in [-0.2, -0.15) is 5.26 Å². The molecule has 4 aliphatic heterocycles. The summed E-state index contributed by atoms with van der Waals surface area (Å²) in [5.74, 6) is -0.0428. The first kappa shape index (κ1) is 53.1. The number of Topliss-reactive ketones (excluding diaryl/α,β-unsaturated/α-hetero) is 1. The predicted molar refractivity (Wildman–Crippen MR) is 206 cm³/mol. The molecule has 0 bridgehead atoms. The van der Waals surface area contributed by atoms with Crippen LogP contribution in [0.3, 0.4) is 0 Å².